The highest BCUT2D eigenvalue weighted by Gasteiger charge is 2.26. The van der Waals surface area contributed by atoms with Crippen molar-refractivity contribution < 1.29 is 9.59 Å². The van der Waals surface area contributed by atoms with Crippen molar-refractivity contribution in [1.29, 1.82) is 0 Å². The Morgan fingerprint density at radius 3 is 2.40 bits per heavy atom. The summed E-state index contributed by atoms with van der Waals surface area (Å²) in [5.41, 5.74) is 0.736. The van der Waals surface area contributed by atoms with Crippen LogP contribution in [0.4, 0.5) is 0 Å². The third kappa shape index (κ3) is 4.82. The highest BCUT2D eigenvalue weighted by Crippen LogP contribution is 2.23. The zero-order valence-electron chi connectivity index (χ0n) is 15.1. The summed E-state index contributed by atoms with van der Waals surface area (Å²) in [6.45, 7) is 5.55. The van der Waals surface area contributed by atoms with E-state index in [1.54, 1.807) is 0 Å². The van der Waals surface area contributed by atoms with E-state index in [4.69, 9.17) is 0 Å². The van der Waals surface area contributed by atoms with Crippen LogP contribution in [0.3, 0.4) is 0 Å². The van der Waals surface area contributed by atoms with Crippen LogP contribution in [0, 0.1) is 5.92 Å². The van der Waals surface area contributed by atoms with Crippen LogP contribution in [-0.4, -0.2) is 60.4 Å². The molecule has 25 heavy (non-hydrogen) atoms. The molecule has 1 heterocycles. The lowest BCUT2D eigenvalue weighted by Crippen LogP contribution is -2.52. The zero-order valence-corrected chi connectivity index (χ0v) is 15.1. The van der Waals surface area contributed by atoms with Crippen molar-refractivity contribution in [2.75, 3.05) is 32.7 Å². The van der Waals surface area contributed by atoms with Crippen LogP contribution in [0.2, 0.25) is 0 Å². The molecule has 1 saturated heterocycles. The Bertz CT molecular complexity index is 582. The molecule has 1 aromatic carbocycles. The number of nitrogens with zero attached hydrogens (tertiary/aromatic N) is 2. The minimum atomic E-state index is 0.0840. The van der Waals surface area contributed by atoms with Gasteiger partial charge in [0.15, 0.2) is 0 Å². The third-order valence-corrected chi connectivity index (χ3v) is 5.51. The monoisotopic (exact) mass is 343 g/mol. The van der Waals surface area contributed by atoms with Crippen LogP contribution in [0.5, 0.6) is 0 Å². The van der Waals surface area contributed by atoms with E-state index in [0.29, 0.717) is 31.6 Å². The normalized spacial score (nSPS) is 24.8. The number of hydrogen-bond acceptors (Lipinski definition) is 3. The van der Waals surface area contributed by atoms with Crippen molar-refractivity contribution in [2.45, 2.75) is 38.6 Å². The second-order valence-electron chi connectivity index (χ2n) is 7.37. The highest BCUT2D eigenvalue weighted by molar-refractivity contribution is 5.94. The molecule has 1 aliphatic carbocycles. The molecule has 1 N–H and O–H groups in total. The first kappa shape index (κ1) is 17.9. The standard InChI is InChI=1S/C20H29N3O2/c1-16-7-5-6-10-18(16)21-19(24)15-22-11-13-23(14-12-22)20(25)17-8-3-2-4-9-17/h2-4,8-9,16,18H,5-7,10-15H2,1H3,(H,21,24)/t16-,18-/m1/s1. The fourth-order valence-corrected chi connectivity index (χ4v) is 3.86. The predicted molar refractivity (Wildman–Crippen MR) is 98.3 cm³/mol. The Hall–Kier alpha value is -1.88. The molecule has 3 rings (SSSR count). The fraction of sp³-hybridized carbons (Fsp3) is 0.600. The minimum Gasteiger partial charge on any atom is -0.352 e. The van der Waals surface area contributed by atoms with E-state index in [1.807, 2.05) is 35.2 Å². The van der Waals surface area contributed by atoms with Gasteiger partial charge in [0.1, 0.15) is 0 Å². The highest BCUT2D eigenvalue weighted by atomic mass is 16.2. The lowest BCUT2D eigenvalue weighted by atomic mass is 9.86. The summed E-state index contributed by atoms with van der Waals surface area (Å²) in [6, 6.07) is 9.74. The van der Waals surface area contributed by atoms with Gasteiger partial charge < -0.3 is 10.2 Å². The molecule has 1 aliphatic heterocycles. The van der Waals surface area contributed by atoms with Gasteiger partial charge >= 0.3 is 0 Å². The van der Waals surface area contributed by atoms with Gasteiger partial charge in [-0.05, 0) is 30.9 Å². The molecule has 2 amide bonds. The molecule has 0 aromatic heterocycles. The first-order valence-electron chi connectivity index (χ1n) is 9.49. The molecule has 0 radical (unpaired) electrons. The smallest absolute Gasteiger partial charge is 0.253 e. The Morgan fingerprint density at radius 1 is 1.04 bits per heavy atom. The van der Waals surface area contributed by atoms with Gasteiger partial charge in [-0.1, -0.05) is 38.0 Å². The molecule has 0 spiro atoms. The predicted octanol–water partition coefficient (Wildman–Crippen LogP) is 2.14. The fourth-order valence-electron chi connectivity index (χ4n) is 3.86. The Balaban J connectivity index is 1.43. The van der Waals surface area contributed by atoms with Crippen LogP contribution >= 0.6 is 0 Å². The lowest BCUT2D eigenvalue weighted by Gasteiger charge is -2.35. The van der Waals surface area contributed by atoms with Crippen molar-refractivity contribution in [2.24, 2.45) is 5.92 Å². The number of carbonyl (C=O) groups is 2. The number of benzene rings is 1. The van der Waals surface area contributed by atoms with E-state index >= 15 is 0 Å². The molecule has 136 valence electrons. The van der Waals surface area contributed by atoms with E-state index < -0.39 is 0 Å². The van der Waals surface area contributed by atoms with Gasteiger partial charge in [-0.25, -0.2) is 0 Å². The summed E-state index contributed by atoms with van der Waals surface area (Å²) in [5.74, 6) is 0.792. The number of hydrogen-bond donors (Lipinski definition) is 1. The molecule has 5 nitrogen and oxygen atoms in total. The first-order chi connectivity index (χ1) is 12.1. The average molecular weight is 343 g/mol. The summed E-state index contributed by atoms with van der Waals surface area (Å²) in [4.78, 5) is 28.8. The third-order valence-electron chi connectivity index (χ3n) is 5.51. The van der Waals surface area contributed by atoms with Crippen molar-refractivity contribution in [3.05, 3.63) is 35.9 Å². The molecular weight excluding hydrogens is 314 g/mol. The van der Waals surface area contributed by atoms with Gasteiger partial charge in [0, 0.05) is 37.8 Å². The molecule has 5 heteroatoms. The number of piperazine rings is 1. The van der Waals surface area contributed by atoms with Crippen molar-refractivity contribution in [3.63, 3.8) is 0 Å². The Labute approximate surface area is 150 Å². The van der Waals surface area contributed by atoms with Crippen LogP contribution in [-0.2, 0) is 4.79 Å². The second kappa shape index (κ2) is 8.48. The van der Waals surface area contributed by atoms with Gasteiger partial charge in [-0.3, -0.25) is 14.5 Å². The maximum atomic E-state index is 12.5. The van der Waals surface area contributed by atoms with Crippen molar-refractivity contribution in [3.8, 4) is 0 Å². The topological polar surface area (TPSA) is 52.7 Å². The molecule has 0 unspecified atom stereocenters. The van der Waals surface area contributed by atoms with Crippen LogP contribution in [0.1, 0.15) is 43.0 Å². The molecule has 1 saturated carbocycles. The average Bonchev–Trinajstić information content (AvgIpc) is 2.64. The van der Waals surface area contributed by atoms with Crippen molar-refractivity contribution >= 4 is 11.8 Å². The van der Waals surface area contributed by atoms with Gasteiger partial charge in [0.25, 0.3) is 5.91 Å². The molecule has 0 bridgehead atoms. The lowest BCUT2D eigenvalue weighted by molar-refractivity contribution is -0.123. The number of rotatable bonds is 4. The van der Waals surface area contributed by atoms with Gasteiger partial charge in [-0.2, -0.15) is 0 Å². The summed E-state index contributed by atoms with van der Waals surface area (Å²) in [6.07, 6.45) is 4.82. The molecule has 2 aliphatic rings. The van der Waals surface area contributed by atoms with E-state index in [1.165, 1.54) is 19.3 Å². The maximum absolute atomic E-state index is 12.5. The van der Waals surface area contributed by atoms with E-state index in [9.17, 15) is 9.59 Å². The van der Waals surface area contributed by atoms with Crippen LogP contribution < -0.4 is 5.32 Å². The largest absolute Gasteiger partial charge is 0.352 e. The minimum absolute atomic E-state index is 0.0840. The summed E-state index contributed by atoms with van der Waals surface area (Å²) < 4.78 is 0. The van der Waals surface area contributed by atoms with Crippen LogP contribution in [0.25, 0.3) is 0 Å². The number of carbonyl (C=O) groups excluding carboxylic acids is 2. The zero-order chi connectivity index (χ0) is 17.6. The number of amides is 2. The van der Waals surface area contributed by atoms with Crippen molar-refractivity contribution in [1.82, 2.24) is 15.1 Å². The summed E-state index contributed by atoms with van der Waals surface area (Å²) >= 11 is 0. The van der Waals surface area contributed by atoms with Gasteiger partial charge in [0.2, 0.25) is 5.91 Å². The maximum Gasteiger partial charge on any atom is 0.253 e. The Kier molecular flexibility index (Phi) is 6.08. The van der Waals surface area contributed by atoms with E-state index in [0.717, 1.165) is 25.1 Å². The van der Waals surface area contributed by atoms with Crippen LogP contribution in [0.15, 0.2) is 30.3 Å². The van der Waals surface area contributed by atoms with Gasteiger partial charge in [-0.15, -0.1) is 0 Å². The molecule has 2 atom stereocenters. The van der Waals surface area contributed by atoms with E-state index in [2.05, 4.69) is 17.1 Å². The first-order valence-corrected chi connectivity index (χ1v) is 9.49. The number of nitrogens with one attached hydrogen (secondary N) is 1. The molecule has 2 fully saturated rings. The quantitative estimate of drug-likeness (QED) is 0.911. The molecule has 1 aromatic rings. The van der Waals surface area contributed by atoms with E-state index in [-0.39, 0.29) is 11.8 Å². The Morgan fingerprint density at radius 2 is 1.72 bits per heavy atom. The second-order valence-corrected chi connectivity index (χ2v) is 7.37. The summed E-state index contributed by atoms with van der Waals surface area (Å²) in [5, 5.41) is 3.21. The molecular formula is C20H29N3O2. The summed E-state index contributed by atoms with van der Waals surface area (Å²) in [7, 11) is 0. The SMILES string of the molecule is C[C@@H]1CCCC[C@H]1NC(=O)CN1CCN(C(=O)c2ccccc2)CC1. The van der Waals surface area contributed by atoms with Gasteiger partial charge in [0.05, 0.1) is 6.54 Å².